The van der Waals surface area contributed by atoms with Crippen molar-refractivity contribution in [3.05, 3.63) is 18.0 Å². The minimum atomic E-state index is 0.464. The van der Waals surface area contributed by atoms with Crippen LogP contribution in [0.4, 0.5) is 0 Å². The van der Waals surface area contributed by atoms with E-state index >= 15 is 0 Å². The quantitative estimate of drug-likeness (QED) is 0.606. The van der Waals surface area contributed by atoms with Crippen molar-refractivity contribution < 1.29 is 4.79 Å². The van der Waals surface area contributed by atoms with Crippen LogP contribution in [0.5, 0.6) is 0 Å². The Hall–Kier alpha value is -1.12. The van der Waals surface area contributed by atoms with Crippen molar-refractivity contribution >= 4 is 6.29 Å². The topological polar surface area (TPSA) is 34.9 Å². The Balaban J connectivity index is 2.49. The third-order valence-electron chi connectivity index (χ3n) is 1.27. The Morgan fingerprint density at radius 3 is 3.10 bits per heavy atom. The van der Waals surface area contributed by atoms with Gasteiger partial charge in [0.15, 0.2) is 6.29 Å². The lowest BCUT2D eigenvalue weighted by Gasteiger charge is -1.85. The molecule has 10 heavy (non-hydrogen) atoms. The van der Waals surface area contributed by atoms with E-state index in [1.165, 1.54) is 0 Å². The lowest BCUT2D eigenvalue weighted by Crippen LogP contribution is -1.85. The van der Waals surface area contributed by atoms with Gasteiger partial charge in [0.1, 0.15) is 0 Å². The van der Waals surface area contributed by atoms with E-state index in [1.807, 2.05) is 19.5 Å². The second-order valence-corrected chi connectivity index (χ2v) is 2.17. The van der Waals surface area contributed by atoms with Gasteiger partial charge in [-0.3, -0.25) is 9.48 Å². The third kappa shape index (κ3) is 1.69. The van der Waals surface area contributed by atoms with Crippen molar-refractivity contribution in [1.29, 1.82) is 0 Å². The van der Waals surface area contributed by atoms with Gasteiger partial charge in [-0.2, -0.15) is 5.10 Å². The second-order valence-electron chi connectivity index (χ2n) is 2.17. The molecule has 1 radical (unpaired) electrons. The predicted octanol–water partition coefficient (Wildman–Crippen LogP) is 0.462. The van der Waals surface area contributed by atoms with E-state index in [1.54, 1.807) is 10.9 Å². The van der Waals surface area contributed by atoms with Crippen molar-refractivity contribution in [2.75, 3.05) is 0 Å². The maximum atomic E-state index is 9.83. The zero-order valence-electron chi connectivity index (χ0n) is 5.87. The van der Waals surface area contributed by atoms with Crippen LogP contribution in [0.3, 0.4) is 0 Å². The van der Waals surface area contributed by atoms with Gasteiger partial charge in [0.25, 0.3) is 0 Å². The van der Waals surface area contributed by atoms with E-state index in [0.29, 0.717) is 6.42 Å². The van der Waals surface area contributed by atoms with Gasteiger partial charge >= 0.3 is 0 Å². The Morgan fingerprint density at radius 1 is 1.80 bits per heavy atom. The largest absolute Gasteiger partial charge is 0.291 e. The van der Waals surface area contributed by atoms with Gasteiger partial charge in [-0.05, 0) is 12.0 Å². The van der Waals surface area contributed by atoms with Crippen LogP contribution in [-0.2, 0) is 18.3 Å². The highest BCUT2D eigenvalue weighted by atomic mass is 16.1. The zero-order valence-corrected chi connectivity index (χ0v) is 5.87. The van der Waals surface area contributed by atoms with Crippen molar-refractivity contribution in [1.82, 2.24) is 9.78 Å². The van der Waals surface area contributed by atoms with E-state index in [9.17, 15) is 4.79 Å². The molecule has 1 rings (SSSR count). The highest BCUT2D eigenvalue weighted by Gasteiger charge is 1.93. The molecule has 3 heteroatoms. The van der Waals surface area contributed by atoms with Crippen molar-refractivity contribution in [3.63, 3.8) is 0 Å². The molecule has 0 N–H and O–H groups in total. The number of hydrogen-bond acceptors (Lipinski definition) is 2. The highest BCUT2D eigenvalue weighted by molar-refractivity contribution is 5.50. The Bertz CT molecular complexity index is 217. The molecule has 1 heterocycles. The van der Waals surface area contributed by atoms with Crippen molar-refractivity contribution in [3.8, 4) is 0 Å². The van der Waals surface area contributed by atoms with Crippen LogP contribution < -0.4 is 0 Å². The van der Waals surface area contributed by atoms with E-state index in [-0.39, 0.29) is 0 Å². The van der Waals surface area contributed by atoms with Crippen LogP contribution in [0, 0.1) is 0 Å². The smallest absolute Gasteiger partial charge is 0.198 e. The van der Waals surface area contributed by atoms with E-state index in [4.69, 9.17) is 0 Å². The first-order chi connectivity index (χ1) is 4.83. The minimum Gasteiger partial charge on any atom is -0.291 e. The summed E-state index contributed by atoms with van der Waals surface area (Å²) in [5, 5.41) is 3.96. The lowest BCUT2D eigenvalue weighted by molar-refractivity contribution is 0.551. The van der Waals surface area contributed by atoms with Gasteiger partial charge in [-0.25, -0.2) is 0 Å². The summed E-state index contributed by atoms with van der Waals surface area (Å²) in [6.45, 7) is 0. The predicted molar refractivity (Wildman–Crippen MR) is 37.2 cm³/mol. The number of aryl methyl sites for hydroxylation is 2. The molecule has 0 aliphatic carbocycles. The molecule has 0 spiro atoms. The number of hydrogen-bond donors (Lipinski definition) is 0. The first-order valence-electron chi connectivity index (χ1n) is 3.15. The molecule has 0 saturated carbocycles. The molecule has 0 aliphatic heterocycles. The maximum Gasteiger partial charge on any atom is 0.198 e. The number of nitrogens with zero attached hydrogens (tertiary/aromatic N) is 2. The lowest BCUT2D eigenvalue weighted by atomic mass is 10.2. The molecule has 0 bridgehead atoms. The SMILES string of the molecule is Cn1cc(CC[C]=O)cn1. The molecule has 0 aliphatic rings. The van der Waals surface area contributed by atoms with E-state index in [0.717, 1.165) is 12.0 Å². The summed E-state index contributed by atoms with van der Waals surface area (Å²) in [6.07, 6.45) is 6.71. The number of carbonyl (C=O) groups excluding carboxylic acids is 1. The van der Waals surface area contributed by atoms with E-state index < -0.39 is 0 Å². The molecule has 0 unspecified atom stereocenters. The summed E-state index contributed by atoms with van der Waals surface area (Å²) in [5.74, 6) is 0. The van der Waals surface area contributed by atoms with Crippen molar-refractivity contribution in [2.24, 2.45) is 7.05 Å². The first kappa shape index (κ1) is 6.99. The van der Waals surface area contributed by atoms with E-state index in [2.05, 4.69) is 5.10 Å². The summed E-state index contributed by atoms with van der Waals surface area (Å²) in [7, 11) is 1.86. The van der Waals surface area contributed by atoms with Gasteiger partial charge in [0.05, 0.1) is 6.20 Å². The molecule has 53 valence electrons. The molecule has 0 fully saturated rings. The van der Waals surface area contributed by atoms with Crippen LogP contribution in [0.25, 0.3) is 0 Å². The fraction of sp³-hybridized carbons (Fsp3) is 0.429. The Morgan fingerprint density at radius 2 is 2.60 bits per heavy atom. The highest BCUT2D eigenvalue weighted by Crippen LogP contribution is 1.98. The average Bonchev–Trinajstić information content (AvgIpc) is 2.31. The first-order valence-corrected chi connectivity index (χ1v) is 3.15. The monoisotopic (exact) mass is 137 g/mol. The average molecular weight is 137 g/mol. The normalized spacial score (nSPS) is 9.70. The molecule has 1 aromatic heterocycles. The third-order valence-corrected chi connectivity index (χ3v) is 1.27. The molecule has 3 nitrogen and oxygen atoms in total. The number of rotatable bonds is 3. The van der Waals surface area contributed by atoms with Crippen LogP contribution in [0.15, 0.2) is 12.4 Å². The maximum absolute atomic E-state index is 9.83. The molecule has 0 atom stereocenters. The standard InChI is InChI=1S/C7H9N2O/c1-9-6-7(5-8-9)3-2-4-10/h5-6H,2-3H2,1H3. The zero-order chi connectivity index (χ0) is 7.40. The molecule has 0 saturated heterocycles. The van der Waals surface area contributed by atoms with Crippen LogP contribution in [-0.4, -0.2) is 16.1 Å². The van der Waals surface area contributed by atoms with Gasteiger partial charge in [-0.1, -0.05) is 0 Å². The summed E-state index contributed by atoms with van der Waals surface area (Å²) < 4.78 is 1.72. The van der Waals surface area contributed by atoms with Crippen molar-refractivity contribution in [2.45, 2.75) is 12.8 Å². The fourth-order valence-electron chi connectivity index (χ4n) is 0.796. The molecule has 0 amide bonds. The second kappa shape index (κ2) is 3.15. The number of aromatic nitrogens is 2. The molecule has 0 aromatic carbocycles. The molecular weight excluding hydrogens is 128 g/mol. The van der Waals surface area contributed by atoms with Gasteiger partial charge in [0.2, 0.25) is 0 Å². The van der Waals surface area contributed by atoms with Crippen LogP contribution in [0.2, 0.25) is 0 Å². The summed E-state index contributed by atoms with van der Waals surface area (Å²) in [4.78, 5) is 9.83. The van der Waals surface area contributed by atoms with Gasteiger partial charge in [0, 0.05) is 19.7 Å². The van der Waals surface area contributed by atoms with Crippen LogP contribution >= 0.6 is 0 Å². The summed E-state index contributed by atoms with van der Waals surface area (Å²) in [5.41, 5.74) is 1.09. The molecule has 1 aromatic rings. The Kier molecular flexibility index (Phi) is 2.20. The van der Waals surface area contributed by atoms with Gasteiger partial charge in [-0.15, -0.1) is 0 Å². The van der Waals surface area contributed by atoms with Crippen LogP contribution in [0.1, 0.15) is 12.0 Å². The summed E-state index contributed by atoms with van der Waals surface area (Å²) >= 11 is 0. The molecular formula is C7H9N2O. The fourth-order valence-corrected chi connectivity index (χ4v) is 0.796. The Labute approximate surface area is 59.7 Å². The summed E-state index contributed by atoms with van der Waals surface area (Å²) in [6, 6.07) is 0. The van der Waals surface area contributed by atoms with Gasteiger partial charge < -0.3 is 0 Å². The minimum absolute atomic E-state index is 0.464.